The van der Waals surface area contributed by atoms with Gasteiger partial charge in [-0.25, -0.2) is 4.98 Å². The first-order chi connectivity index (χ1) is 7.00. The fourth-order valence-corrected chi connectivity index (χ4v) is 1.74. The van der Waals surface area contributed by atoms with Crippen molar-refractivity contribution in [1.82, 2.24) is 19.3 Å². The zero-order valence-electron chi connectivity index (χ0n) is 8.82. The number of aryl methyl sites for hydroxylation is 2. The van der Waals surface area contributed by atoms with Gasteiger partial charge in [0, 0.05) is 25.9 Å². The smallest absolute Gasteiger partial charge is 0.177 e. The van der Waals surface area contributed by atoms with E-state index >= 15 is 0 Å². The normalized spacial score (nSPS) is 10.9. The summed E-state index contributed by atoms with van der Waals surface area (Å²) in [5.41, 5.74) is 8.46. The van der Waals surface area contributed by atoms with Crippen LogP contribution >= 0.6 is 15.9 Å². The largest absolute Gasteiger partial charge is 0.384 e. The van der Waals surface area contributed by atoms with Crippen molar-refractivity contribution in [2.75, 3.05) is 5.73 Å². The minimum Gasteiger partial charge on any atom is -0.384 e. The predicted octanol–water partition coefficient (Wildman–Crippen LogP) is 1.47. The second kappa shape index (κ2) is 3.37. The van der Waals surface area contributed by atoms with Crippen LogP contribution in [-0.4, -0.2) is 19.3 Å². The summed E-state index contributed by atoms with van der Waals surface area (Å²) in [6, 6.07) is 0. The van der Waals surface area contributed by atoms with Crippen LogP contribution in [0.3, 0.4) is 0 Å². The number of nitrogens with two attached hydrogens (primary N) is 1. The van der Waals surface area contributed by atoms with Gasteiger partial charge in [-0.05, 0) is 22.9 Å². The van der Waals surface area contributed by atoms with E-state index < -0.39 is 0 Å². The Morgan fingerprint density at radius 1 is 1.40 bits per heavy atom. The van der Waals surface area contributed by atoms with Gasteiger partial charge in [-0.1, -0.05) is 0 Å². The van der Waals surface area contributed by atoms with Crippen molar-refractivity contribution in [2.24, 2.45) is 14.1 Å². The van der Waals surface area contributed by atoms with Gasteiger partial charge in [-0.3, -0.25) is 4.68 Å². The molecule has 5 nitrogen and oxygen atoms in total. The van der Waals surface area contributed by atoms with Crippen molar-refractivity contribution < 1.29 is 0 Å². The van der Waals surface area contributed by atoms with Crippen molar-refractivity contribution in [1.29, 1.82) is 0 Å². The average Bonchev–Trinajstić information content (AvgIpc) is 2.63. The molecule has 0 atom stereocenters. The molecule has 0 aromatic carbocycles. The van der Waals surface area contributed by atoms with Crippen molar-refractivity contribution in [2.45, 2.75) is 6.92 Å². The minimum absolute atomic E-state index is 0.673. The van der Waals surface area contributed by atoms with E-state index in [2.05, 4.69) is 26.0 Å². The minimum atomic E-state index is 0.673. The van der Waals surface area contributed by atoms with Crippen LogP contribution in [0.4, 0.5) is 5.82 Å². The van der Waals surface area contributed by atoms with Crippen molar-refractivity contribution in [3.63, 3.8) is 0 Å². The van der Waals surface area contributed by atoms with E-state index in [0.717, 1.165) is 21.7 Å². The van der Waals surface area contributed by atoms with Gasteiger partial charge >= 0.3 is 0 Å². The van der Waals surface area contributed by atoms with Gasteiger partial charge in [0.05, 0.1) is 0 Å². The SMILES string of the molecule is Cc1c(-c2cn(C)c(Br)n2)nn(C)c1N. The molecule has 0 saturated heterocycles. The molecule has 2 aromatic rings. The average molecular weight is 270 g/mol. The van der Waals surface area contributed by atoms with Gasteiger partial charge in [0.1, 0.15) is 17.2 Å². The first-order valence-corrected chi connectivity index (χ1v) is 5.28. The van der Waals surface area contributed by atoms with E-state index in [1.165, 1.54) is 0 Å². The highest BCUT2D eigenvalue weighted by molar-refractivity contribution is 9.10. The van der Waals surface area contributed by atoms with Crippen LogP contribution < -0.4 is 5.73 Å². The molecular formula is C9H12BrN5. The lowest BCUT2D eigenvalue weighted by Crippen LogP contribution is -1.97. The van der Waals surface area contributed by atoms with E-state index in [-0.39, 0.29) is 0 Å². The molecule has 0 aliphatic carbocycles. The number of hydrogen-bond donors (Lipinski definition) is 1. The molecule has 2 heterocycles. The summed E-state index contributed by atoms with van der Waals surface area (Å²) >= 11 is 3.35. The van der Waals surface area contributed by atoms with Crippen molar-refractivity contribution in [3.8, 4) is 11.4 Å². The number of hydrogen-bond acceptors (Lipinski definition) is 3. The maximum absolute atomic E-state index is 5.84. The number of aromatic nitrogens is 4. The van der Waals surface area contributed by atoms with Crippen LogP contribution in [0.1, 0.15) is 5.56 Å². The van der Waals surface area contributed by atoms with Crippen molar-refractivity contribution >= 4 is 21.7 Å². The Morgan fingerprint density at radius 3 is 2.47 bits per heavy atom. The van der Waals surface area contributed by atoms with Crippen LogP contribution in [0, 0.1) is 6.92 Å². The highest BCUT2D eigenvalue weighted by atomic mass is 79.9. The molecule has 6 heteroatoms. The Kier molecular flexibility index (Phi) is 2.30. The number of imidazole rings is 1. The third-order valence-electron chi connectivity index (χ3n) is 2.40. The van der Waals surface area contributed by atoms with Gasteiger partial charge in [-0.2, -0.15) is 5.10 Å². The summed E-state index contributed by atoms with van der Waals surface area (Å²) in [4.78, 5) is 4.34. The van der Waals surface area contributed by atoms with Crippen LogP contribution in [0.15, 0.2) is 10.9 Å². The molecule has 80 valence electrons. The highest BCUT2D eigenvalue weighted by Crippen LogP contribution is 2.25. The number of rotatable bonds is 1. The summed E-state index contributed by atoms with van der Waals surface area (Å²) in [6.07, 6.45) is 1.92. The Labute approximate surface area is 96.0 Å². The first kappa shape index (κ1) is 10.2. The van der Waals surface area contributed by atoms with Gasteiger partial charge in [-0.15, -0.1) is 0 Å². The molecule has 0 spiro atoms. The Bertz CT molecular complexity index is 491. The standard InChI is InChI=1S/C9H12BrN5/c1-5-7(13-15(3)8(5)11)6-4-14(2)9(10)12-6/h4H,11H2,1-3H3. The summed E-state index contributed by atoms with van der Waals surface area (Å²) in [5.74, 6) is 0.673. The molecule has 0 amide bonds. The summed E-state index contributed by atoms with van der Waals surface area (Å²) in [5, 5.41) is 4.33. The number of anilines is 1. The van der Waals surface area contributed by atoms with Gasteiger partial charge in [0.25, 0.3) is 0 Å². The van der Waals surface area contributed by atoms with E-state index in [9.17, 15) is 0 Å². The number of halogens is 1. The van der Waals surface area contributed by atoms with Crippen LogP contribution in [-0.2, 0) is 14.1 Å². The number of nitrogen functional groups attached to an aromatic ring is 1. The quantitative estimate of drug-likeness (QED) is 0.853. The van der Waals surface area contributed by atoms with Crippen molar-refractivity contribution in [3.05, 3.63) is 16.5 Å². The van der Waals surface area contributed by atoms with Gasteiger partial charge < -0.3 is 10.3 Å². The van der Waals surface area contributed by atoms with E-state index in [1.54, 1.807) is 4.68 Å². The molecule has 0 saturated carbocycles. The molecule has 0 radical (unpaired) electrons. The topological polar surface area (TPSA) is 61.7 Å². The third-order valence-corrected chi connectivity index (χ3v) is 3.14. The lowest BCUT2D eigenvalue weighted by Gasteiger charge is -1.91. The maximum Gasteiger partial charge on any atom is 0.177 e. The maximum atomic E-state index is 5.84. The predicted molar refractivity (Wildman–Crippen MR) is 62.3 cm³/mol. The molecule has 15 heavy (non-hydrogen) atoms. The first-order valence-electron chi connectivity index (χ1n) is 4.49. The van der Waals surface area contributed by atoms with E-state index in [1.807, 2.05) is 31.8 Å². The number of nitrogens with zero attached hydrogens (tertiary/aromatic N) is 4. The molecule has 0 unspecified atom stereocenters. The molecule has 2 N–H and O–H groups in total. The third kappa shape index (κ3) is 1.54. The molecule has 2 rings (SSSR count). The second-order valence-corrected chi connectivity index (χ2v) is 4.20. The molecule has 0 aliphatic rings. The zero-order valence-corrected chi connectivity index (χ0v) is 10.4. The lowest BCUT2D eigenvalue weighted by atomic mass is 10.2. The lowest BCUT2D eigenvalue weighted by molar-refractivity contribution is 0.781. The summed E-state index contributed by atoms with van der Waals surface area (Å²) < 4.78 is 4.33. The Balaban J connectivity index is 2.59. The van der Waals surface area contributed by atoms with Gasteiger partial charge in [0.15, 0.2) is 4.73 Å². The monoisotopic (exact) mass is 269 g/mol. The van der Waals surface area contributed by atoms with E-state index in [0.29, 0.717) is 5.82 Å². The molecule has 0 fully saturated rings. The fourth-order valence-electron chi connectivity index (χ4n) is 1.44. The Morgan fingerprint density at radius 2 is 2.07 bits per heavy atom. The fraction of sp³-hybridized carbons (Fsp3) is 0.333. The molecule has 0 bridgehead atoms. The van der Waals surface area contributed by atoms with Crippen LogP contribution in [0.25, 0.3) is 11.4 Å². The zero-order chi connectivity index (χ0) is 11.2. The molecular weight excluding hydrogens is 258 g/mol. The highest BCUT2D eigenvalue weighted by Gasteiger charge is 2.14. The molecule has 2 aromatic heterocycles. The van der Waals surface area contributed by atoms with Crippen LogP contribution in [0.2, 0.25) is 0 Å². The molecule has 0 aliphatic heterocycles. The van der Waals surface area contributed by atoms with Gasteiger partial charge in [0.2, 0.25) is 0 Å². The second-order valence-electron chi connectivity index (χ2n) is 3.49. The Hall–Kier alpha value is -1.30. The van der Waals surface area contributed by atoms with E-state index in [4.69, 9.17) is 5.73 Å². The summed E-state index contributed by atoms with van der Waals surface area (Å²) in [7, 11) is 3.74. The summed E-state index contributed by atoms with van der Waals surface area (Å²) in [6.45, 7) is 1.94. The van der Waals surface area contributed by atoms with Crippen LogP contribution in [0.5, 0.6) is 0 Å².